The van der Waals surface area contributed by atoms with Crippen molar-refractivity contribution in [3.8, 4) is 5.75 Å². The Hall–Kier alpha value is -2.27. The summed E-state index contributed by atoms with van der Waals surface area (Å²) in [6.45, 7) is 3.95. The molecule has 0 aliphatic rings. The Balaban J connectivity index is 2.00. The zero-order valence-corrected chi connectivity index (χ0v) is 13.9. The second kappa shape index (κ2) is 8.39. The lowest BCUT2D eigenvalue weighted by Gasteiger charge is -2.10. The number of aldehydes is 1. The van der Waals surface area contributed by atoms with Crippen LogP contribution in [0.1, 0.15) is 22.8 Å². The highest BCUT2D eigenvalue weighted by Gasteiger charge is 2.07. The van der Waals surface area contributed by atoms with Gasteiger partial charge in [-0.1, -0.05) is 23.9 Å². The van der Waals surface area contributed by atoms with Crippen molar-refractivity contribution in [3.63, 3.8) is 0 Å². The molecule has 0 aliphatic carbocycles. The molecule has 5 heteroatoms. The van der Waals surface area contributed by atoms with E-state index < -0.39 is 0 Å². The van der Waals surface area contributed by atoms with E-state index in [9.17, 15) is 9.59 Å². The fourth-order valence-corrected chi connectivity index (χ4v) is 2.85. The van der Waals surface area contributed by atoms with Gasteiger partial charge in [0.15, 0.2) is 6.61 Å². The molecule has 0 N–H and O–H groups in total. The molecule has 0 fully saturated rings. The van der Waals surface area contributed by atoms with Gasteiger partial charge in [0, 0.05) is 15.4 Å². The van der Waals surface area contributed by atoms with Gasteiger partial charge >= 0.3 is 5.97 Å². The van der Waals surface area contributed by atoms with Gasteiger partial charge in [0.05, 0.1) is 6.61 Å². The quantitative estimate of drug-likeness (QED) is 0.569. The Bertz CT molecular complexity index is 680. The Morgan fingerprint density at radius 2 is 1.83 bits per heavy atom. The molecule has 4 nitrogen and oxygen atoms in total. The fourth-order valence-electron chi connectivity index (χ4n) is 1.94. The van der Waals surface area contributed by atoms with Gasteiger partial charge in [0.25, 0.3) is 0 Å². The number of hydrogen-bond donors (Lipinski definition) is 0. The first kappa shape index (κ1) is 17.1. The van der Waals surface area contributed by atoms with Crippen LogP contribution in [0.5, 0.6) is 5.75 Å². The molecule has 0 atom stereocenters. The van der Waals surface area contributed by atoms with Crippen molar-refractivity contribution in [1.29, 1.82) is 0 Å². The van der Waals surface area contributed by atoms with E-state index in [1.54, 1.807) is 30.8 Å². The van der Waals surface area contributed by atoms with Crippen molar-refractivity contribution in [3.05, 3.63) is 53.6 Å². The van der Waals surface area contributed by atoms with Crippen LogP contribution in [0.4, 0.5) is 0 Å². The zero-order chi connectivity index (χ0) is 16.7. The molecular weight excluding hydrogens is 312 g/mol. The smallest absolute Gasteiger partial charge is 0.344 e. The summed E-state index contributed by atoms with van der Waals surface area (Å²) in [5.41, 5.74) is 1.61. The van der Waals surface area contributed by atoms with Crippen molar-refractivity contribution in [2.45, 2.75) is 23.6 Å². The molecule has 0 bridgehead atoms. The van der Waals surface area contributed by atoms with Crippen LogP contribution in [0.15, 0.2) is 52.3 Å². The molecule has 0 unspecified atom stereocenters. The van der Waals surface area contributed by atoms with Crippen LogP contribution >= 0.6 is 11.8 Å². The fraction of sp³-hybridized carbons (Fsp3) is 0.222. The van der Waals surface area contributed by atoms with Gasteiger partial charge in [-0.25, -0.2) is 4.79 Å². The first-order chi connectivity index (χ1) is 11.1. The predicted molar refractivity (Wildman–Crippen MR) is 89.3 cm³/mol. The molecular formula is C18H18O4S. The normalized spacial score (nSPS) is 10.2. The highest BCUT2D eigenvalue weighted by Crippen LogP contribution is 2.31. The Kier molecular flexibility index (Phi) is 6.23. The third kappa shape index (κ3) is 5.14. The number of carbonyl (C=O) groups is 2. The molecule has 0 aromatic heterocycles. The molecule has 0 aliphatic heterocycles. The third-order valence-electron chi connectivity index (χ3n) is 3.05. The predicted octanol–water partition coefficient (Wildman–Crippen LogP) is 3.90. The van der Waals surface area contributed by atoms with E-state index in [1.807, 2.05) is 37.3 Å². The van der Waals surface area contributed by atoms with Crippen LogP contribution < -0.4 is 4.74 Å². The van der Waals surface area contributed by atoms with Crippen molar-refractivity contribution in [1.82, 2.24) is 0 Å². The number of ether oxygens (including phenoxy) is 2. The molecule has 2 rings (SSSR count). The minimum absolute atomic E-state index is 0.0890. The summed E-state index contributed by atoms with van der Waals surface area (Å²) in [6.07, 6.45) is 0.828. The van der Waals surface area contributed by atoms with E-state index in [2.05, 4.69) is 0 Å². The molecule has 0 spiro atoms. The lowest BCUT2D eigenvalue weighted by molar-refractivity contribution is -0.145. The van der Waals surface area contributed by atoms with Gasteiger partial charge in [-0.15, -0.1) is 0 Å². The second-order valence-corrected chi connectivity index (χ2v) is 5.96. The van der Waals surface area contributed by atoms with E-state index >= 15 is 0 Å². The molecule has 0 saturated heterocycles. The van der Waals surface area contributed by atoms with Crippen molar-refractivity contribution in [2.75, 3.05) is 13.2 Å². The molecule has 0 saturated carbocycles. The first-order valence-corrected chi connectivity index (χ1v) is 8.06. The monoisotopic (exact) mass is 330 g/mol. The average molecular weight is 330 g/mol. The van der Waals surface area contributed by atoms with Crippen LogP contribution in [-0.2, 0) is 9.53 Å². The largest absolute Gasteiger partial charge is 0.482 e. The average Bonchev–Trinajstić information content (AvgIpc) is 2.55. The Morgan fingerprint density at radius 1 is 1.13 bits per heavy atom. The van der Waals surface area contributed by atoms with Gasteiger partial charge in [-0.05, 0) is 49.7 Å². The lowest BCUT2D eigenvalue weighted by atomic mass is 10.2. The maximum Gasteiger partial charge on any atom is 0.344 e. The summed E-state index contributed by atoms with van der Waals surface area (Å²) < 4.78 is 10.3. The van der Waals surface area contributed by atoms with Gasteiger partial charge in [0.1, 0.15) is 12.0 Å². The summed E-state index contributed by atoms with van der Waals surface area (Å²) in [6, 6.07) is 13.2. The van der Waals surface area contributed by atoms with Crippen molar-refractivity contribution < 1.29 is 19.1 Å². The first-order valence-electron chi connectivity index (χ1n) is 7.24. The third-order valence-corrected chi connectivity index (χ3v) is 4.05. The maximum atomic E-state index is 11.3. The van der Waals surface area contributed by atoms with Gasteiger partial charge < -0.3 is 9.47 Å². The number of carbonyl (C=O) groups excluding carboxylic acids is 2. The number of hydrogen-bond acceptors (Lipinski definition) is 5. The summed E-state index contributed by atoms with van der Waals surface area (Å²) in [7, 11) is 0. The zero-order valence-electron chi connectivity index (χ0n) is 13.1. The molecule has 2 aromatic rings. The molecule has 23 heavy (non-hydrogen) atoms. The van der Waals surface area contributed by atoms with E-state index in [0.717, 1.165) is 21.6 Å². The minimum atomic E-state index is -0.374. The number of esters is 1. The van der Waals surface area contributed by atoms with Gasteiger partial charge in [0.2, 0.25) is 0 Å². The van der Waals surface area contributed by atoms with Gasteiger partial charge in [-0.2, -0.15) is 0 Å². The van der Waals surface area contributed by atoms with E-state index in [-0.39, 0.29) is 12.6 Å². The molecule has 120 valence electrons. The van der Waals surface area contributed by atoms with Crippen LogP contribution in [0.2, 0.25) is 0 Å². The summed E-state index contributed by atoms with van der Waals surface area (Å²) in [5, 5.41) is 0. The Morgan fingerprint density at radius 3 is 2.43 bits per heavy atom. The summed E-state index contributed by atoms with van der Waals surface area (Å²) in [4.78, 5) is 24.1. The van der Waals surface area contributed by atoms with Crippen LogP contribution in [0.25, 0.3) is 0 Å². The Labute approximate surface area is 139 Å². The molecule has 0 amide bonds. The van der Waals surface area contributed by atoms with E-state index in [0.29, 0.717) is 17.9 Å². The SMILES string of the molecule is CCOC(=O)COc1ccc(Sc2ccc(C=O)cc2)cc1C. The van der Waals surface area contributed by atoms with Gasteiger partial charge in [-0.3, -0.25) is 4.79 Å². The summed E-state index contributed by atoms with van der Waals surface area (Å²) in [5.74, 6) is 0.291. The second-order valence-electron chi connectivity index (χ2n) is 4.81. The summed E-state index contributed by atoms with van der Waals surface area (Å²) >= 11 is 1.60. The molecule has 0 radical (unpaired) electrons. The standard InChI is InChI=1S/C18H18O4S/c1-3-21-18(20)12-22-17-9-8-16(10-13(17)2)23-15-6-4-14(11-19)5-7-15/h4-11H,3,12H2,1-2H3. The molecule has 0 heterocycles. The lowest BCUT2D eigenvalue weighted by Crippen LogP contribution is -2.14. The van der Waals surface area contributed by atoms with Crippen LogP contribution in [0, 0.1) is 6.92 Å². The molecule has 2 aromatic carbocycles. The van der Waals surface area contributed by atoms with Crippen molar-refractivity contribution >= 4 is 24.0 Å². The van der Waals surface area contributed by atoms with Crippen molar-refractivity contribution in [2.24, 2.45) is 0 Å². The highest BCUT2D eigenvalue weighted by atomic mass is 32.2. The van der Waals surface area contributed by atoms with Crippen LogP contribution in [-0.4, -0.2) is 25.5 Å². The highest BCUT2D eigenvalue weighted by molar-refractivity contribution is 7.99. The van der Waals surface area contributed by atoms with Crippen LogP contribution in [0.3, 0.4) is 0 Å². The van der Waals surface area contributed by atoms with E-state index in [1.165, 1.54) is 0 Å². The minimum Gasteiger partial charge on any atom is -0.482 e. The number of aryl methyl sites for hydroxylation is 1. The topological polar surface area (TPSA) is 52.6 Å². The number of rotatable bonds is 7. The number of benzene rings is 2. The maximum absolute atomic E-state index is 11.3. The van der Waals surface area contributed by atoms with E-state index in [4.69, 9.17) is 9.47 Å².